The summed E-state index contributed by atoms with van der Waals surface area (Å²) in [6, 6.07) is 5.90. The van der Waals surface area contributed by atoms with Crippen molar-refractivity contribution in [2.45, 2.75) is 19.9 Å². The molecule has 0 radical (unpaired) electrons. The van der Waals surface area contributed by atoms with E-state index in [-0.39, 0.29) is 5.02 Å². The molecule has 0 saturated carbocycles. The Balaban J connectivity index is 2.12. The molecule has 1 N–H and O–H groups in total. The Hall–Kier alpha value is -1.36. The van der Waals surface area contributed by atoms with Gasteiger partial charge < -0.3 is 10.1 Å². The average molecular weight is 329 g/mol. The van der Waals surface area contributed by atoms with E-state index >= 15 is 0 Å². The fraction of sp³-hybridized carbons (Fsp3) is 0.267. The van der Waals surface area contributed by atoms with E-state index in [4.69, 9.17) is 27.9 Å². The summed E-state index contributed by atoms with van der Waals surface area (Å²) in [5.41, 5.74) is 0.892. The van der Waals surface area contributed by atoms with Gasteiger partial charge in [0.2, 0.25) is 5.88 Å². The molecule has 0 aliphatic rings. The lowest BCUT2D eigenvalue weighted by Crippen LogP contribution is -2.14. The lowest BCUT2D eigenvalue weighted by Gasteiger charge is -2.09. The summed E-state index contributed by atoms with van der Waals surface area (Å²) >= 11 is 11.8. The van der Waals surface area contributed by atoms with Gasteiger partial charge in [0.05, 0.1) is 10.0 Å². The number of halogens is 3. The molecule has 1 aromatic carbocycles. The van der Waals surface area contributed by atoms with Crippen LogP contribution in [0.2, 0.25) is 10.0 Å². The monoisotopic (exact) mass is 328 g/mol. The second kappa shape index (κ2) is 7.59. The van der Waals surface area contributed by atoms with Crippen molar-refractivity contribution in [2.24, 2.45) is 0 Å². The number of hydrogen-bond donors (Lipinski definition) is 1. The molecule has 0 saturated heterocycles. The molecule has 0 bridgehead atoms. The lowest BCUT2D eigenvalue weighted by molar-refractivity contribution is 0.460. The first-order valence-corrected chi connectivity index (χ1v) is 7.33. The zero-order chi connectivity index (χ0) is 15.2. The summed E-state index contributed by atoms with van der Waals surface area (Å²) in [5, 5.41) is 3.84. The number of benzene rings is 1. The Labute approximate surface area is 133 Å². The number of rotatable bonds is 6. The van der Waals surface area contributed by atoms with Gasteiger partial charge in [-0.25, -0.2) is 9.37 Å². The van der Waals surface area contributed by atoms with Crippen molar-refractivity contribution in [3.8, 4) is 11.6 Å². The fourth-order valence-electron chi connectivity index (χ4n) is 1.71. The third kappa shape index (κ3) is 4.56. The van der Waals surface area contributed by atoms with Gasteiger partial charge in [-0.3, -0.25) is 0 Å². The molecule has 0 unspecified atom stereocenters. The topological polar surface area (TPSA) is 34.1 Å². The van der Waals surface area contributed by atoms with E-state index in [9.17, 15) is 4.39 Å². The first kappa shape index (κ1) is 16.0. The second-order valence-corrected chi connectivity index (χ2v) is 5.28. The summed E-state index contributed by atoms with van der Waals surface area (Å²) in [5.74, 6) is 0.316. The molecule has 1 aromatic heterocycles. The maximum Gasteiger partial charge on any atom is 0.219 e. The van der Waals surface area contributed by atoms with Crippen molar-refractivity contribution in [1.29, 1.82) is 0 Å². The van der Waals surface area contributed by atoms with Gasteiger partial charge in [-0.05, 0) is 30.7 Å². The lowest BCUT2D eigenvalue weighted by atomic mass is 10.2. The first-order valence-electron chi connectivity index (χ1n) is 6.58. The number of aromatic nitrogens is 1. The average Bonchev–Trinajstić information content (AvgIpc) is 2.46. The van der Waals surface area contributed by atoms with E-state index < -0.39 is 5.82 Å². The minimum absolute atomic E-state index is 0.00583. The third-order valence-corrected chi connectivity index (χ3v) is 3.40. The van der Waals surface area contributed by atoms with Gasteiger partial charge in [-0.1, -0.05) is 30.1 Å². The van der Waals surface area contributed by atoms with Crippen LogP contribution in [0.1, 0.15) is 18.9 Å². The predicted octanol–water partition coefficient (Wildman–Crippen LogP) is 4.82. The number of nitrogens with one attached hydrogen (secondary N) is 1. The van der Waals surface area contributed by atoms with Crippen molar-refractivity contribution in [3.05, 3.63) is 51.9 Å². The molecule has 0 fully saturated rings. The summed E-state index contributed by atoms with van der Waals surface area (Å²) in [4.78, 5) is 4.10. The van der Waals surface area contributed by atoms with Crippen LogP contribution >= 0.6 is 23.2 Å². The highest BCUT2D eigenvalue weighted by Gasteiger charge is 2.07. The van der Waals surface area contributed by atoms with E-state index in [1.807, 2.05) is 0 Å². The van der Waals surface area contributed by atoms with Crippen LogP contribution in [0.15, 0.2) is 30.5 Å². The van der Waals surface area contributed by atoms with Crippen LogP contribution in [0.25, 0.3) is 0 Å². The van der Waals surface area contributed by atoms with Gasteiger partial charge in [-0.2, -0.15) is 0 Å². The summed E-state index contributed by atoms with van der Waals surface area (Å²) in [6.45, 7) is 3.63. The highest BCUT2D eigenvalue weighted by molar-refractivity contribution is 6.31. The van der Waals surface area contributed by atoms with Crippen molar-refractivity contribution in [3.63, 3.8) is 0 Å². The zero-order valence-electron chi connectivity index (χ0n) is 11.5. The van der Waals surface area contributed by atoms with E-state index in [0.717, 1.165) is 18.5 Å². The Morgan fingerprint density at radius 2 is 2.05 bits per heavy atom. The normalized spacial score (nSPS) is 10.7. The number of nitrogens with zero attached hydrogens (tertiary/aromatic N) is 1. The maximum absolute atomic E-state index is 13.1. The third-order valence-electron chi connectivity index (χ3n) is 2.77. The number of ether oxygens (including phenoxy) is 1. The number of pyridine rings is 1. The van der Waals surface area contributed by atoms with E-state index in [0.29, 0.717) is 23.2 Å². The molecule has 112 valence electrons. The molecule has 2 aromatic rings. The van der Waals surface area contributed by atoms with E-state index in [2.05, 4.69) is 17.2 Å². The molecule has 0 aliphatic carbocycles. The van der Waals surface area contributed by atoms with Gasteiger partial charge in [-0.15, -0.1) is 0 Å². The molecule has 21 heavy (non-hydrogen) atoms. The molecule has 0 spiro atoms. The van der Waals surface area contributed by atoms with Crippen LogP contribution < -0.4 is 10.1 Å². The van der Waals surface area contributed by atoms with Crippen LogP contribution in [-0.2, 0) is 6.54 Å². The first-order chi connectivity index (χ1) is 10.1. The van der Waals surface area contributed by atoms with Crippen LogP contribution in [0, 0.1) is 5.82 Å². The van der Waals surface area contributed by atoms with Crippen molar-refractivity contribution in [2.75, 3.05) is 6.54 Å². The predicted molar refractivity (Wildman–Crippen MR) is 82.7 cm³/mol. The highest BCUT2D eigenvalue weighted by Crippen LogP contribution is 2.27. The molecule has 0 amide bonds. The molecule has 2 rings (SSSR count). The Bertz CT molecular complexity index is 623. The standard InChI is InChI=1S/C15H15Cl2FN2O/c1-2-5-19-8-10-6-15(20-9-13(10)17)21-11-3-4-14(18)12(16)7-11/h3-4,6-7,9,19H,2,5,8H2,1H3. The van der Waals surface area contributed by atoms with Gasteiger partial charge >= 0.3 is 0 Å². The van der Waals surface area contributed by atoms with Gasteiger partial charge in [0.1, 0.15) is 11.6 Å². The van der Waals surface area contributed by atoms with Crippen molar-refractivity contribution < 1.29 is 9.13 Å². The van der Waals surface area contributed by atoms with Crippen LogP contribution in [0.5, 0.6) is 11.6 Å². The molecule has 1 heterocycles. The Morgan fingerprint density at radius 1 is 1.24 bits per heavy atom. The smallest absolute Gasteiger partial charge is 0.219 e. The summed E-state index contributed by atoms with van der Waals surface area (Å²) in [7, 11) is 0. The largest absolute Gasteiger partial charge is 0.439 e. The SMILES string of the molecule is CCCNCc1cc(Oc2ccc(F)c(Cl)c2)ncc1Cl. The molecule has 3 nitrogen and oxygen atoms in total. The molecule has 6 heteroatoms. The Kier molecular flexibility index (Phi) is 5.79. The number of hydrogen-bond acceptors (Lipinski definition) is 3. The van der Waals surface area contributed by atoms with Crippen LogP contribution in [0.3, 0.4) is 0 Å². The van der Waals surface area contributed by atoms with E-state index in [1.165, 1.54) is 24.4 Å². The second-order valence-electron chi connectivity index (χ2n) is 4.47. The fourth-order valence-corrected chi connectivity index (χ4v) is 2.05. The molecule has 0 atom stereocenters. The zero-order valence-corrected chi connectivity index (χ0v) is 13.0. The molecule has 0 aliphatic heterocycles. The highest BCUT2D eigenvalue weighted by atomic mass is 35.5. The minimum atomic E-state index is -0.488. The van der Waals surface area contributed by atoms with Gasteiger partial charge in [0.25, 0.3) is 0 Å². The van der Waals surface area contributed by atoms with Gasteiger partial charge in [0.15, 0.2) is 0 Å². The van der Waals surface area contributed by atoms with Gasteiger partial charge in [0, 0.05) is 24.9 Å². The molecular formula is C15H15Cl2FN2O. The molecular weight excluding hydrogens is 314 g/mol. The van der Waals surface area contributed by atoms with Crippen LogP contribution in [-0.4, -0.2) is 11.5 Å². The van der Waals surface area contributed by atoms with E-state index in [1.54, 1.807) is 6.07 Å². The Morgan fingerprint density at radius 3 is 2.76 bits per heavy atom. The maximum atomic E-state index is 13.1. The quantitative estimate of drug-likeness (QED) is 0.772. The summed E-state index contributed by atoms with van der Waals surface area (Å²) < 4.78 is 18.7. The van der Waals surface area contributed by atoms with Crippen LogP contribution in [0.4, 0.5) is 4.39 Å². The minimum Gasteiger partial charge on any atom is -0.439 e. The van der Waals surface area contributed by atoms with Crippen molar-refractivity contribution >= 4 is 23.2 Å². The summed E-state index contributed by atoms with van der Waals surface area (Å²) in [6.07, 6.45) is 2.57. The van der Waals surface area contributed by atoms with Crippen molar-refractivity contribution in [1.82, 2.24) is 10.3 Å².